The van der Waals surface area contributed by atoms with E-state index in [0.29, 0.717) is 25.7 Å². The van der Waals surface area contributed by atoms with Crippen molar-refractivity contribution >= 4 is 24.0 Å². The van der Waals surface area contributed by atoms with Gasteiger partial charge in [0.25, 0.3) is 0 Å². The fraction of sp³-hybridized carbons (Fsp3) is 0.769. The van der Waals surface area contributed by atoms with Gasteiger partial charge in [-0.15, -0.1) is 0 Å². The van der Waals surface area contributed by atoms with Gasteiger partial charge >= 0.3 is 12.4 Å². The quantitative estimate of drug-likeness (QED) is 0.288. The summed E-state index contributed by atoms with van der Waals surface area (Å²) in [5.74, 6) is -1.19. The zero-order valence-electron chi connectivity index (χ0n) is 20.0. The molecule has 0 aliphatic heterocycles. The number of ketones is 2. The van der Waals surface area contributed by atoms with Gasteiger partial charge in [0.2, 0.25) is 0 Å². The van der Waals surface area contributed by atoms with Crippen LogP contribution in [-0.4, -0.2) is 57.6 Å². The number of allylic oxidation sites excluding steroid dienone is 1. The molecule has 0 aromatic heterocycles. The number of Topliss-reactive ketones (excluding diaryl/α,β-unsaturated/α-hetero) is 1. The molecule has 0 radical (unpaired) electrons. The summed E-state index contributed by atoms with van der Waals surface area (Å²) in [6.07, 6.45) is 5.17. The first-order valence-corrected chi connectivity index (χ1v) is 12.4. The summed E-state index contributed by atoms with van der Waals surface area (Å²) in [5.41, 5.74) is -1.85. The number of fused-ring (bicyclic) bond motifs is 5. The monoisotopic (exact) mass is 476 g/mol. The Bertz CT molecular complexity index is 910. The van der Waals surface area contributed by atoms with E-state index in [1.165, 1.54) is 0 Å². The van der Waals surface area contributed by atoms with E-state index in [-0.39, 0.29) is 55.2 Å². The van der Waals surface area contributed by atoms with Crippen LogP contribution in [-0.2, 0) is 23.9 Å². The number of rotatable bonds is 7. The van der Waals surface area contributed by atoms with Crippen LogP contribution < -0.4 is 0 Å². The molecule has 0 bridgehead atoms. The first kappa shape index (κ1) is 25.2. The molecule has 4 aliphatic carbocycles. The summed E-state index contributed by atoms with van der Waals surface area (Å²) >= 11 is 0. The molecule has 4 aliphatic rings. The molecular weight excluding hydrogens is 440 g/mol. The molecular formula is C26H36O8. The van der Waals surface area contributed by atoms with Gasteiger partial charge in [-0.2, -0.15) is 0 Å². The number of esters is 1. The van der Waals surface area contributed by atoms with E-state index < -0.39 is 40.9 Å². The summed E-state index contributed by atoms with van der Waals surface area (Å²) < 4.78 is 4.39. The molecule has 0 saturated heterocycles. The minimum Gasteiger partial charge on any atom is -0.395 e. The Morgan fingerprint density at radius 2 is 2.00 bits per heavy atom. The molecule has 8 nitrogen and oxygen atoms in total. The fourth-order valence-electron chi connectivity index (χ4n) is 8.48. The molecule has 0 aromatic rings. The van der Waals surface area contributed by atoms with Gasteiger partial charge in [0.05, 0.1) is 6.10 Å². The molecule has 3 N–H and O–H groups in total. The molecule has 1 unspecified atom stereocenters. The summed E-state index contributed by atoms with van der Waals surface area (Å²) in [6.45, 7) is 3.42. The highest BCUT2D eigenvalue weighted by Crippen LogP contribution is 2.68. The predicted molar refractivity (Wildman–Crippen MR) is 120 cm³/mol. The van der Waals surface area contributed by atoms with E-state index >= 15 is 0 Å². The Labute approximate surface area is 199 Å². The molecule has 0 spiro atoms. The average Bonchev–Trinajstić information content (AvgIpc) is 3.05. The fourth-order valence-corrected chi connectivity index (χ4v) is 8.48. The smallest absolute Gasteiger partial charge is 0.313 e. The third-order valence-corrected chi connectivity index (χ3v) is 10.1. The normalized spacial score (nSPS) is 43.3. The van der Waals surface area contributed by atoms with Gasteiger partial charge in [0.1, 0.15) is 12.2 Å². The van der Waals surface area contributed by atoms with Crippen molar-refractivity contribution < 1.29 is 39.2 Å². The molecule has 0 heterocycles. The third-order valence-electron chi connectivity index (χ3n) is 10.1. The SMILES string of the molecule is C[C@]12C[C@H](O)[C@H]3[C@@H](CCC4=CC(=O)CC(CCCC(=O)OC=O)[C@@]43C)[C@@H]1CC[C@]2(O)C(=O)CO. The van der Waals surface area contributed by atoms with E-state index in [2.05, 4.69) is 11.7 Å². The van der Waals surface area contributed by atoms with Crippen LogP contribution in [0.1, 0.15) is 71.6 Å². The summed E-state index contributed by atoms with van der Waals surface area (Å²) in [4.78, 5) is 47.2. The number of ether oxygens (including phenoxy) is 1. The van der Waals surface area contributed by atoms with E-state index in [4.69, 9.17) is 0 Å². The molecule has 8 atom stereocenters. The van der Waals surface area contributed by atoms with Crippen molar-refractivity contribution in [2.75, 3.05) is 6.61 Å². The highest BCUT2D eigenvalue weighted by molar-refractivity contribution is 5.92. The van der Waals surface area contributed by atoms with Crippen molar-refractivity contribution in [3.63, 3.8) is 0 Å². The highest BCUT2D eigenvalue weighted by atomic mass is 16.6. The van der Waals surface area contributed by atoms with Crippen LogP contribution in [0.15, 0.2) is 11.6 Å². The Morgan fingerprint density at radius 3 is 2.68 bits per heavy atom. The van der Waals surface area contributed by atoms with Crippen LogP contribution in [0.3, 0.4) is 0 Å². The molecule has 0 amide bonds. The van der Waals surface area contributed by atoms with Gasteiger partial charge in [0, 0.05) is 18.3 Å². The maximum atomic E-state index is 12.6. The second-order valence-corrected chi connectivity index (χ2v) is 11.3. The molecule has 188 valence electrons. The second-order valence-electron chi connectivity index (χ2n) is 11.3. The zero-order chi connectivity index (χ0) is 24.9. The second kappa shape index (κ2) is 8.95. The lowest BCUT2D eigenvalue weighted by molar-refractivity contribution is -0.186. The zero-order valence-corrected chi connectivity index (χ0v) is 20.0. The van der Waals surface area contributed by atoms with Crippen LogP contribution in [0.4, 0.5) is 0 Å². The van der Waals surface area contributed by atoms with Crippen molar-refractivity contribution in [2.24, 2.45) is 34.5 Å². The predicted octanol–water partition coefficient (Wildman–Crippen LogP) is 1.88. The summed E-state index contributed by atoms with van der Waals surface area (Å²) in [5, 5.41) is 32.4. The van der Waals surface area contributed by atoms with Gasteiger partial charge in [-0.3, -0.25) is 19.2 Å². The Hall–Kier alpha value is -1.90. The molecule has 34 heavy (non-hydrogen) atoms. The van der Waals surface area contributed by atoms with E-state index in [0.717, 1.165) is 18.4 Å². The van der Waals surface area contributed by atoms with Crippen LogP contribution in [0.5, 0.6) is 0 Å². The van der Waals surface area contributed by atoms with Crippen LogP contribution in [0, 0.1) is 34.5 Å². The highest BCUT2D eigenvalue weighted by Gasteiger charge is 2.68. The third kappa shape index (κ3) is 3.60. The molecule has 4 rings (SSSR count). The molecule has 0 aromatic carbocycles. The largest absolute Gasteiger partial charge is 0.395 e. The number of aliphatic hydroxyl groups is 3. The van der Waals surface area contributed by atoms with E-state index in [1.54, 1.807) is 6.08 Å². The number of carbonyl (C=O) groups is 4. The van der Waals surface area contributed by atoms with Crippen molar-refractivity contribution in [2.45, 2.75) is 83.3 Å². The number of hydrogen-bond donors (Lipinski definition) is 3. The van der Waals surface area contributed by atoms with Gasteiger partial charge in [0.15, 0.2) is 11.6 Å². The van der Waals surface area contributed by atoms with Crippen molar-refractivity contribution in [3.05, 3.63) is 11.6 Å². The lowest BCUT2D eigenvalue weighted by atomic mass is 9.43. The van der Waals surface area contributed by atoms with Crippen LogP contribution in [0.2, 0.25) is 0 Å². The lowest BCUT2D eigenvalue weighted by Crippen LogP contribution is -2.63. The van der Waals surface area contributed by atoms with Crippen LogP contribution >= 0.6 is 0 Å². The number of hydrogen-bond acceptors (Lipinski definition) is 8. The lowest BCUT2D eigenvalue weighted by Gasteiger charge is -2.62. The average molecular weight is 477 g/mol. The topological polar surface area (TPSA) is 138 Å². The molecule has 3 fully saturated rings. The molecule has 8 heteroatoms. The van der Waals surface area contributed by atoms with Gasteiger partial charge in [-0.05, 0) is 80.1 Å². The Morgan fingerprint density at radius 1 is 1.26 bits per heavy atom. The maximum absolute atomic E-state index is 12.6. The summed E-state index contributed by atoms with van der Waals surface area (Å²) in [7, 11) is 0. The molecule has 3 saturated carbocycles. The van der Waals surface area contributed by atoms with E-state index in [1.807, 2.05) is 6.92 Å². The number of aliphatic hydroxyl groups excluding tert-OH is 2. The number of carbonyl (C=O) groups excluding carboxylic acids is 4. The first-order valence-electron chi connectivity index (χ1n) is 12.4. The van der Waals surface area contributed by atoms with Gasteiger partial charge < -0.3 is 20.1 Å². The van der Waals surface area contributed by atoms with Gasteiger partial charge in [-0.1, -0.05) is 19.4 Å². The first-order chi connectivity index (χ1) is 16.0. The minimum absolute atomic E-state index is 0.0284. The van der Waals surface area contributed by atoms with Crippen molar-refractivity contribution in [3.8, 4) is 0 Å². The van der Waals surface area contributed by atoms with Crippen molar-refractivity contribution in [1.82, 2.24) is 0 Å². The Balaban J connectivity index is 1.64. The summed E-state index contributed by atoms with van der Waals surface area (Å²) in [6, 6.07) is 0. The van der Waals surface area contributed by atoms with Crippen molar-refractivity contribution in [1.29, 1.82) is 0 Å². The van der Waals surface area contributed by atoms with E-state index in [9.17, 15) is 34.5 Å². The standard InChI is InChI=1S/C26H36O8/c1-24-12-20(30)23-18(19(24)8-9-26(24,33)21(31)13-27)7-6-16-11-17(29)10-15(25(16,23)2)4-3-5-22(32)34-14-28/h11,14-15,18-20,23,27,30,33H,3-10,12-13H2,1-2H3/t15?,18-,19-,20-,23+,24-,25-,26-/m0/s1. The van der Waals surface area contributed by atoms with Gasteiger partial charge in [-0.25, -0.2) is 0 Å². The maximum Gasteiger partial charge on any atom is 0.313 e. The minimum atomic E-state index is -1.64. The Kier molecular flexibility index (Phi) is 6.64. The van der Waals surface area contributed by atoms with Crippen LogP contribution in [0.25, 0.3) is 0 Å².